The Morgan fingerprint density at radius 2 is 2.12 bits per heavy atom. The van der Waals surface area contributed by atoms with Crippen LogP contribution in [0.15, 0.2) is 29.8 Å². The Morgan fingerprint density at radius 1 is 1.23 bits per heavy atom. The Bertz CT molecular complexity index is 835. The van der Waals surface area contributed by atoms with Gasteiger partial charge in [-0.1, -0.05) is 12.5 Å². The number of nitrogens with zero attached hydrogens (tertiary/aromatic N) is 2. The summed E-state index contributed by atoms with van der Waals surface area (Å²) >= 11 is 1.35. The van der Waals surface area contributed by atoms with Crippen LogP contribution in [0.5, 0.6) is 0 Å². The molecule has 26 heavy (non-hydrogen) atoms. The first-order valence-electron chi connectivity index (χ1n) is 9.18. The van der Waals surface area contributed by atoms with Crippen LogP contribution in [-0.2, 0) is 11.2 Å². The second-order valence-electron chi connectivity index (χ2n) is 7.75. The number of nitrogens with one attached hydrogen (secondary N) is 1. The van der Waals surface area contributed by atoms with Crippen molar-refractivity contribution in [3.63, 3.8) is 0 Å². The van der Waals surface area contributed by atoms with E-state index in [4.69, 9.17) is 0 Å². The monoisotopic (exact) mass is 369 g/mol. The highest BCUT2D eigenvalue weighted by Gasteiger charge is 2.55. The molecule has 1 N–H and O–H groups in total. The van der Waals surface area contributed by atoms with E-state index in [2.05, 4.69) is 15.3 Å². The average molecular weight is 369 g/mol. The van der Waals surface area contributed by atoms with E-state index < -0.39 is 0 Å². The molecule has 0 radical (unpaired) electrons. The minimum absolute atomic E-state index is 0.106. The fourth-order valence-corrected chi connectivity index (χ4v) is 5.25. The largest absolute Gasteiger partial charge is 0.345 e. The van der Waals surface area contributed by atoms with Crippen LogP contribution in [0, 0.1) is 12.3 Å². The lowest BCUT2D eigenvalue weighted by Crippen LogP contribution is -2.50. The molecule has 2 aliphatic rings. The topological polar surface area (TPSA) is 72.0 Å². The molecule has 136 valence electrons. The van der Waals surface area contributed by atoms with E-state index in [0.29, 0.717) is 11.4 Å². The summed E-state index contributed by atoms with van der Waals surface area (Å²) in [5, 5.41) is 5.53. The van der Waals surface area contributed by atoms with Crippen molar-refractivity contribution in [1.82, 2.24) is 15.3 Å². The van der Waals surface area contributed by atoms with E-state index in [9.17, 15) is 9.59 Å². The van der Waals surface area contributed by atoms with Crippen molar-refractivity contribution in [3.05, 3.63) is 46.2 Å². The summed E-state index contributed by atoms with van der Waals surface area (Å²) in [4.78, 5) is 34.3. The molecule has 0 saturated heterocycles. The van der Waals surface area contributed by atoms with E-state index in [1.807, 2.05) is 30.5 Å². The third-order valence-electron chi connectivity index (χ3n) is 5.95. The summed E-state index contributed by atoms with van der Waals surface area (Å²) in [7, 11) is 0. The molecule has 6 heteroatoms. The SMILES string of the molecule is Cc1cccc(CC(=O)C23CCCC(NC(=O)c4nccs4)(CC2)C3)n1. The normalized spacial score (nSPS) is 27.3. The van der Waals surface area contributed by atoms with Gasteiger partial charge in [-0.25, -0.2) is 4.98 Å². The minimum atomic E-state index is -0.306. The van der Waals surface area contributed by atoms with Gasteiger partial charge in [0.2, 0.25) is 0 Å². The lowest BCUT2D eigenvalue weighted by molar-refractivity contribution is -0.129. The third kappa shape index (κ3) is 3.18. The number of pyridine rings is 1. The predicted octanol–water partition coefficient (Wildman–Crippen LogP) is 3.48. The summed E-state index contributed by atoms with van der Waals surface area (Å²) in [5.41, 5.74) is 1.23. The van der Waals surface area contributed by atoms with Crippen LogP contribution < -0.4 is 5.32 Å². The fourth-order valence-electron chi connectivity index (χ4n) is 4.72. The van der Waals surface area contributed by atoms with Gasteiger partial charge < -0.3 is 5.32 Å². The van der Waals surface area contributed by atoms with Crippen molar-refractivity contribution in [3.8, 4) is 0 Å². The molecule has 2 unspecified atom stereocenters. The number of fused-ring (bicyclic) bond motifs is 2. The van der Waals surface area contributed by atoms with Crippen molar-refractivity contribution in [2.75, 3.05) is 0 Å². The van der Waals surface area contributed by atoms with E-state index in [1.54, 1.807) is 6.20 Å². The van der Waals surface area contributed by atoms with Gasteiger partial charge in [0.25, 0.3) is 5.91 Å². The van der Waals surface area contributed by atoms with Gasteiger partial charge in [-0.05, 0) is 51.2 Å². The Kier molecular flexibility index (Phi) is 4.39. The number of amides is 1. The molecule has 2 saturated carbocycles. The molecule has 0 aliphatic heterocycles. The lowest BCUT2D eigenvalue weighted by Gasteiger charge is -2.39. The number of thiazole rings is 1. The molecule has 0 spiro atoms. The van der Waals surface area contributed by atoms with Crippen LogP contribution in [0.1, 0.15) is 59.7 Å². The Labute approximate surface area is 157 Å². The molecule has 5 nitrogen and oxygen atoms in total. The maximum atomic E-state index is 13.2. The van der Waals surface area contributed by atoms with E-state index >= 15 is 0 Å². The van der Waals surface area contributed by atoms with Crippen molar-refractivity contribution < 1.29 is 9.59 Å². The van der Waals surface area contributed by atoms with Crippen molar-refractivity contribution in [1.29, 1.82) is 0 Å². The van der Waals surface area contributed by atoms with Crippen LogP contribution in [0.25, 0.3) is 0 Å². The van der Waals surface area contributed by atoms with Gasteiger partial charge in [0, 0.05) is 40.3 Å². The van der Waals surface area contributed by atoms with Crippen LogP contribution in [0.2, 0.25) is 0 Å². The smallest absolute Gasteiger partial charge is 0.280 e. The number of aryl methyl sites for hydroxylation is 1. The number of rotatable bonds is 5. The zero-order valence-electron chi connectivity index (χ0n) is 15.0. The molecular weight excluding hydrogens is 346 g/mol. The molecule has 0 aromatic carbocycles. The number of hydrogen-bond acceptors (Lipinski definition) is 5. The molecule has 2 fully saturated rings. The first-order valence-corrected chi connectivity index (χ1v) is 10.1. The Balaban J connectivity index is 1.49. The van der Waals surface area contributed by atoms with E-state index in [0.717, 1.165) is 49.9 Å². The summed E-state index contributed by atoms with van der Waals surface area (Å²) in [6, 6.07) is 5.83. The van der Waals surface area contributed by atoms with E-state index in [1.165, 1.54) is 11.3 Å². The molecule has 2 bridgehead atoms. The van der Waals surface area contributed by atoms with Gasteiger partial charge in [0.15, 0.2) is 5.01 Å². The molecule has 2 aliphatic carbocycles. The molecule has 1 amide bonds. The van der Waals surface area contributed by atoms with Crippen molar-refractivity contribution in [2.24, 2.45) is 5.41 Å². The summed E-state index contributed by atoms with van der Waals surface area (Å²) < 4.78 is 0. The van der Waals surface area contributed by atoms with E-state index in [-0.39, 0.29) is 22.6 Å². The third-order valence-corrected chi connectivity index (χ3v) is 6.73. The fraction of sp³-hybridized carbons (Fsp3) is 0.500. The Hall–Kier alpha value is -2.08. The zero-order chi connectivity index (χ0) is 18.2. The van der Waals surface area contributed by atoms with Gasteiger partial charge in [0.1, 0.15) is 5.78 Å². The van der Waals surface area contributed by atoms with Gasteiger partial charge in [-0.2, -0.15) is 0 Å². The number of Topliss-reactive ketones (excluding diaryl/α,β-unsaturated/α-hetero) is 1. The van der Waals surface area contributed by atoms with Crippen molar-refractivity contribution >= 4 is 23.0 Å². The number of aromatic nitrogens is 2. The maximum Gasteiger partial charge on any atom is 0.280 e. The standard InChI is InChI=1S/C20H23N3O2S/c1-14-4-2-5-15(22-14)12-16(24)19-6-3-7-20(13-19,9-8-19)23-17(25)18-21-10-11-26-18/h2,4-5,10-11H,3,6-9,12-13H2,1H3,(H,23,25). The van der Waals surface area contributed by atoms with Crippen LogP contribution in [0.4, 0.5) is 0 Å². The molecule has 2 heterocycles. The van der Waals surface area contributed by atoms with Crippen LogP contribution in [-0.4, -0.2) is 27.2 Å². The highest BCUT2D eigenvalue weighted by Crippen LogP contribution is 2.54. The highest BCUT2D eigenvalue weighted by atomic mass is 32.1. The summed E-state index contributed by atoms with van der Waals surface area (Å²) in [5.74, 6) is 0.172. The number of carbonyl (C=O) groups is 2. The van der Waals surface area contributed by atoms with Gasteiger partial charge >= 0.3 is 0 Å². The second kappa shape index (κ2) is 6.58. The van der Waals surface area contributed by atoms with Gasteiger partial charge in [-0.3, -0.25) is 14.6 Å². The number of carbonyl (C=O) groups excluding carboxylic acids is 2. The van der Waals surface area contributed by atoms with Crippen LogP contribution in [0.3, 0.4) is 0 Å². The zero-order valence-corrected chi connectivity index (χ0v) is 15.8. The summed E-state index contributed by atoms with van der Waals surface area (Å²) in [6.07, 6.45) is 7.36. The second-order valence-corrected chi connectivity index (χ2v) is 8.65. The first-order chi connectivity index (χ1) is 12.5. The molecular formula is C20H23N3O2S. The van der Waals surface area contributed by atoms with Gasteiger partial charge in [0.05, 0.1) is 0 Å². The minimum Gasteiger partial charge on any atom is -0.345 e. The lowest BCUT2D eigenvalue weighted by atomic mass is 9.69. The molecule has 2 atom stereocenters. The first kappa shape index (κ1) is 17.3. The number of ketones is 1. The predicted molar refractivity (Wildman–Crippen MR) is 100 cm³/mol. The summed E-state index contributed by atoms with van der Waals surface area (Å²) in [6.45, 7) is 1.95. The van der Waals surface area contributed by atoms with Gasteiger partial charge in [-0.15, -0.1) is 11.3 Å². The Morgan fingerprint density at radius 3 is 2.88 bits per heavy atom. The molecule has 2 aromatic heterocycles. The number of hydrogen-bond donors (Lipinski definition) is 1. The quantitative estimate of drug-likeness (QED) is 0.876. The maximum absolute atomic E-state index is 13.2. The molecule has 2 aromatic rings. The average Bonchev–Trinajstić information content (AvgIpc) is 3.23. The highest BCUT2D eigenvalue weighted by molar-refractivity contribution is 7.11. The molecule has 4 rings (SSSR count). The van der Waals surface area contributed by atoms with Crippen molar-refractivity contribution in [2.45, 2.75) is 57.4 Å². The van der Waals surface area contributed by atoms with Crippen LogP contribution >= 0.6 is 11.3 Å².